The van der Waals surface area contributed by atoms with Gasteiger partial charge >= 0.3 is 0 Å². The summed E-state index contributed by atoms with van der Waals surface area (Å²) >= 11 is 0. The van der Waals surface area contributed by atoms with Gasteiger partial charge in [0.15, 0.2) is 0 Å². The van der Waals surface area contributed by atoms with E-state index in [1.54, 1.807) is 0 Å². The normalized spacial score (nSPS) is 11.5. The second-order valence-electron chi connectivity index (χ2n) is 11.2. The summed E-state index contributed by atoms with van der Waals surface area (Å²) in [5, 5.41) is 19.3. The molecule has 8 rings (SSSR count). The van der Waals surface area contributed by atoms with Gasteiger partial charge in [0.25, 0.3) is 0 Å². The van der Waals surface area contributed by atoms with E-state index in [1.807, 2.05) is 0 Å². The lowest BCUT2D eigenvalue weighted by atomic mass is 9.86. The molecule has 8 aromatic carbocycles. The van der Waals surface area contributed by atoms with Crippen molar-refractivity contribution >= 4 is 43.1 Å². The van der Waals surface area contributed by atoms with Gasteiger partial charge in [-0.25, -0.2) is 0 Å². The van der Waals surface area contributed by atoms with Crippen LogP contribution in [0.15, 0.2) is 152 Å². The first-order chi connectivity index (χ1) is 21.8. The summed E-state index contributed by atoms with van der Waals surface area (Å²) in [6.07, 6.45) is 0. The second-order valence-corrected chi connectivity index (χ2v) is 11.2. The number of rotatable bonds is 6. The molecule has 0 radical (unpaired) electrons. The van der Waals surface area contributed by atoms with Crippen LogP contribution in [0.1, 0.15) is 0 Å². The predicted octanol–water partition coefficient (Wildman–Crippen LogP) is 10.7. The Morgan fingerprint density at radius 2 is 0.886 bits per heavy atom. The average Bonchev–Trinajstić information content (AvgIpc) is 3.09. The quantitative estimate of drug-likeness (QED) is 0.217. The van der Waals surface area contributed by atoms with Crippen molar-refractivity contribution in [1.29, 1.82) is 0 Å². The third kappa shape index (κ3) is 4.48. The molecular formula is C42H30O2. The number of hydrogen-bond acceptors (Lipinski definition) is 2. The van der Waals surface area contributed by atoms with Crippen LogP contribution >= 0.6 is 0 Å². The van der Waals surface area contributed by atoms with Crippen molar-refractivity contribution < 1.29 is 9.84 Å². The highest BCUT2D eigenvalue weighted by atomic mass is 16.5. The minimum absolute atomic E-state index is 0.0539. The molecule has 0 aromatic heterocycles. The van der Waals surface area contributed by atoms with Crippen LogP contribution in [0.25, 0.3) is 76.5 Å². The smallest absolute Gasteiger partial charge is 0.127 e. The fraction of sp³-hybridized carbons (Fsp3) is 0.0476. The highest BCUT2D eigenvalue weighted by Crippen LogP contribution is 2.46. The van der Waals surface area contributed by atoms with E-state index in [4.69, 9.17) is 4.74 Å². The Hall–Kier alpha value is -5.44. The monoisotopic (exact) mass is 566 g/mol. The van der Waals surface area contributed by atoms with E-state index in [1.165, 1.54) is 43.4 Å². The molecule has 8 aromatic rings. The van der Waals surface area contributed by atoms with Crippen molar-refractivity contribution in [2.24, 2.45) is 0 Å². The molecule has 2 heteroatoms. The summed E-state index contributed by atoms with van der Waals surface area (Å²) in [5.74, 6) is 0.764. The molecule has 0 saturated carbocycles. The summed E-state index contributed by atoms with van der Waals surface area (Å²) < 4.78 is 6.31. The Morgan fingerprint density at radius 3 is 1.48 bits per heavy atom. The van der Waals surface area contributed by atoms with Gasteiger partial charge in [0.1, 0.15) is 12.4 Å². The lowest BCUT2D eigenvalue weighted by molar-refractivity contribution is 0.202. The molecule has 44 heavy (non-hydrogen) atoms. The van der Waals surface area contributed by atoms with Crippen molar-refractivity contribution in [1.82, 2.24) is 0 Å². The molecule has 0 amide bonds. The van der Waals surface area contributed by atoms with Crippen molar-refractivity contribution in [3.63, 3.8) is 0 Å². The molecule has 0 aliphatic carbocycles. The molecule has 0 bridgehead atoms. The standard InChI is InChI=1S/C42H30O2/c43-24-25-44-39-23-22-31-14-6-16-37(35-21-19-29-9-2-4-11-33(29)27-35)41(31)42(39)38-17-7-13-30-12-5-15-36(40(30)38)34-20-18-28-8-1-3-10-32(28)26-34/h1-23,26-27,43H,24-25H2. The zero-order valence-electron chi connectivity index (χ0n) is 24.2. The molecule has 1 N–H and O–H groups in total. The van der Waals surface area contributed by atoms with Gasteiger partial charge in [-0.05, 0) is 83.7 Å². The lowest BCUT2D eigenvalue weighted by Crippen LogP contribution is -2.03. The van der Waals surface area contributed by atoms with Crippen LogP contribution in [0.4, 0.5) is 0 Å². The summed E-state index contributed by atoms with van der Waals surface area (Å²) in [6, 6.07) is 54.2. The van der Waals surface area contributed by atoms with Gasteiger partial charge in [-0.15, -0.1) is 0 Å². The van der Waals surface area contributed by atoms with E-state index in [0.717, 1.165) is 38.8 Å². The van der Waals surface area contributed by atoms with Gasteiger partial charge in [0.05, 0.1) is 6.61 Å². The highest BCUT2D eigenvalue weighted by Gasteiger charge is 2.20. The largest absolute Gasteiger partial charge is 0.491 e. The number of hydrogen-bond donors (Lipinski definition) is 1. The zero-order valence-corrected chi connectivity index (χ0v) is 24.2. The third-order valence-corrected chi connectivity index (χ3v) is 8.65. The lowest BCUT2D eigenvalue weighted by Gasteiger charge is -2.20. The zero-order chi connectivity index (χ0) is 29.5. The summed E-state index contributed by atoms with van der Waals surface area (Å²) in [5.41, 5.74) is 6.81. The Kier molecular flexibility index (Phi) is 6.55. The maximum Gasteiger partial charge on any atom is 0.127 e. The van der Waals surface area contributed by atoms with Gasteiger partial charge in [0.2, 0.25) is 0 Å². The number of fused-ring (bicyclic) bond motifs is 4. The van der Waals surface area contributed by atoms with E-state index in [-0.39, 0.29) is 13.2 Å². The van der Waals surface area contributed by atoms with Gasteiger partial charge in [-0.2, -0.15) is 0 Å². The van der Waals surface area contributed by atoms with Crippen molar-refractivity contribution in [3.05, 3.63) is 152 Å². The first-order valence-corrected chi connectivity index (χ1v) is 15.1. The van der Waals surface area contributed by atoms with Crippen LogP contribution in [0, 0.1) is 0 Å². The predicted molar refractivity (Wildman–Crippen MR) is 185 cm³/mol. The topological polar surface area (TPSA) is 29.5 Å². The summed E-state index contributed by atoms with van der Waals surface area (Å²) in [6.45, 7) is 0.167. The highest BCUT2D eigenvalue weighted by molar-refractivity contribution is 6.16. The minimum Gasteiger partial charge on any atom is -0.491 e. The molecule has 0 spiro atoms. The molecule has 210 valence electrons. The van der Waals surface area contributed by atoms with Gasteiger partial charge in [-0.3, -0.25) is 0 Å². The molecule has 0 heterocycles. The van der Waals surface area contributed by atoms with Crippen molar-refractivity contribution in [3.8, 4) is 39.1 Å². The van der Waals surface area contributed by atoms with Crippen molar-refractivity contribution in [2.75, 3.05) is 13.2 Å². The van der Waals surface area contributed by atoms with Gasteiger partial charge in [0, 0.05) is 10.9 Å². The first kappa shape index (κ1) is 26.2. The number of aliphatic hydroxyl groups excluding tert-OH is 1. The SMILES string of the molecule is OCCOc1ccc2cccc(-c3ccc4ccccc4c3)c2c1-c1cccc2cccc(-c3ccc4ccccc4c3)c12. The molecule has 0 saturated heterocycles. The minimum atomic E-state index is -0.0539. The van der Waals surface area contributed by atoms with E-state index in [2.05, 4.69) is 152 Å². The third-order valence-electron chi connectivity index (χ3n) is 8.65. The van der Waals surface area contributed by atoms with E-state index < -0.39 is 0 Å². The molecule has 0 aliphatic rings. The van der Waals surface area contributed by atoms with Crippen LogP contribution in [-0.2, 0) is 0 Å². The Labute approximate surface area is 256 Å². The van der Waals surface area contributed by atoms with E-state index >= 15 is 0 Å². The molecular weight excluding hydrogens is 536 g/mol. The second kappa shape index (κ2) is 11.0. The summed E-state index contributed by atoms with van der Waals surface area (Å²) in [4.78, 5) is 0. The number of ether oxygens (including phenoxy) is 1. The fourth-order valence-corrected chi connectivity index (χ4v) is 6.65. The number of aliphatic hydroxyl groups is 1. The first-order valence-electron chi connectivity index (χ1n) is 15.1. The fourth-order valence-electron chi connectivity index (χ4n) is 6.65. The Bertz CT molecular complexity index is 2330. The van der Waals surface area contributed by atoms with Crippen LogP contribution in [-0.4, -0.2) is 18.3 Å². The Balaban J connectivity index is 1.46. The van der Waals surface area contributed by atoms with Crippen molar-refractivity contribution in [2.45, 2.75) is 0 Å². The number of benzene rings is 8. The van der Waals surface area contributed by atoms with Crippen LogP contribution < -0.4 is 4.74 Å². The summed E-state index contributed by atoms with van der Waals surface area (Å²) in [7, 11) is 0. The Morgan fingerprint density at radius 1 is 0.409 bits per heavy atom. The van der Waals surface area contributed by atoms with Crippen LogP contribution in [0.2, 0.25) is 0 Å². The van der Waals surface area contributed by atoms with Crippen LogP contribution in [0.3, 0.4) is 0 Å². The average molecular weight is 567 g/mol. The molecule has 0 fully saturated rings. The molecule has 0 unspecified atom stereocenters. The maximum atomic E-state index is 9.76. The van der Waals surface area contributed by atoms with Gasteiger partial charge in [-0.1, -0.05) is 133 Å². The van der Waals surface area contributed by atoms with Gasteiger partial charge < -0.3 is 9.84 Å². The van der Waals surface area contributed by atoms with E-state index in [0.29, 0.717) is 0 Å². The van der Waals surface area contributed by atoms with E-state index in [9.17, 15) is 5.11 Å². The molecule has 0 atom stereocenters. The molecule has 2 nitrogen and oxygen atoms in total. The maximum absolute atomic E-state index is 9.76. The molecule has 0 aliphatic heterocycles. The van der Waals surface area contributed by atoms with Crippen LogP contribution in [0.5, 0.6) is 5.75 Å².